The molecular formula is C10H12ClN3O2. The van der Waals surface area contributed by atoms with Crippen LogP contribution in [0.25, 0.3) is 0 Å². The van der Waals surface area contributed by atoms with E-state index in [9.17, 15) is 4.79 Å². The fourth-order valence-corrected chi connectivity index (χ4v) is 1.97. The first-order chi connectivity index (χ1) is 7.66. The summed E-state index contributed by atoms with van der Waals surface area (Å²) in [5.74, 6) is -0.367. The van der Waals surface area contributed by atoms with Gasteiger partial charge in [-0.3, -0.25) is 4.79 Å². The summed E-state index contributed by atoms with van der Waals surface area (Å²) in [6.07, 6.45) is 1.59. The number of hydrogen-bond donors (Lipinski definition) is 1. The van der Waals surface area contributed by atoms with E-state index in [2.05, 4.69) is 10.2 Å². The topological polar surface area (TPSA) is 66.3 Å². The molecule has 16 heavy (non-hydrogen) atoms. The number of anilines is 1. The van der Waals surface area contributed by atoms with Crippen LogP contribution in [0.2, 0.25) is 5.15 Å². The highest BCUT2D eigenvalue weighted by molar-refractivity contribution is 6.29. The molecule has 1 aromatic rings. The fourth-order valence-electron chi connectivity index (χ4n) is 1.86. The van der Waals surface area contributed by atoms with Crippen molar-refractivity contribution in [1.82, 2.24) is 10.2 Å². The van der Waals surface area contributed by atoms with Crippen LogP contribution < -0.4 is 4.90 Å². The van der Waals surface area contributed by atoms with E-state index < -0.39 is 5.97 Å². The van der Waals surface area contributed by atoms with E-state index in [-0.39, 0.29) is 5.92 Å². The summed E-state index contributed by atoms with van der Waals surface area (Å²) in [5, 5.41) is 17.0. The molecule has 2 heterocycles. The molecule has 1 aliphatic rings. The molecule has 0 aliphatic carbocycles. The van der Waals surface area contributed by atoms with Gasteiger partial charge >= 0.3 is 5.97 Å². The van der Waals surface area contributed by atoms with E-state index in [1.165, 1.54) is 0 Å². The van der Waals surface area contributed by atoms with Crippen LogP contribution in [0.5, 0.6) is 0 Å². The highest BCUT2D eigenvalue weighted by Gasteiger charge is 2.26. The lowest BCUT2D eigenvalue weighted by Gasteiger charge is -2.31. The zero-order valence-electron chi connectivity index (χ0n) is 8.64. The third kappa shape index (κ3) is 2.41. The SMILES string of the molecule is O=C(O)C1CCCN(c2ccc(Cl)nn2)C1. The zero-order chi connectivity index (χ0) is 11.5. The number of aliphatic carboxylic acids is 1. The molecule has 1 fully saturated rings. The van der Waals surface area contributed by atoms with Crippen LogP contribution in [-0.4, -0.2) is 34.4 Å². The van der Waals surface area contributed by atoms with Gasteiger partial charge in [0.1, 0.15) is 0 Å². The minimum Gasteiger partial charge on any atom is -0.481 e. The maximum Gasteiger partial charge on any atom is 0.308 e. The molecule has 5 nitrogen and oxygen atoms in total. The quantitative estimate of drug-likeness (QED) is 0.849. The summed E-state index contributed by atoms with van der Waals surface area (Å²) in [7, 11) is 0. The molecule has 2 rings (SSSR count). The van der Waals surface area contributed by atoms with Gasteiger partial charge in [-0.2, -0.15) is 0 Å². The Balaban J connectivity index is 2.09. The number of hydrogen-bond acceptors (Lipinski definition) is 4. The molecular weight excluding hydrogens is 230 g/mol. The Morgan fingerprint density at radius 1 is 1.50 bits per heavy atom. The van der Waals surface area contributed by atoms with Gasteiger partial charge < -0.3 is 10.0 Å². The number of nitrogens with zero attached hydrogens (tertiary/aromatic N) is 3. The number of piperidine rings is 1. The first-order valence-electron chi connectivity index (χ1n) is 5.14. The van der Waals surface area contributed by atoms with Crippen LogP contribution in [0, 0.1) is 5.92 Å². The maximum atomic E-state index is 10.9. The van der Waals surface area contributed by atoms with E-state index in [1.54, 1.807) is 12.1 Å². The molecule has 1 atom stereocenters. The summed E-state index contributed by atoms with van der Waals surface area (Å²) >= 11 is 5.64. The van der Waals surface area contributed by atoms with Gasteiger partial charge in [-0.25, -0.2) is 0 Å². The molecule has 1 aliphatic heterocycles. The number of halogens is 1. The first kappa shape index (κ1) is 11.1. The average molecular weight is 242 g/mol. The second kappa shape index (κ2) is 4.65. The molecule has 0 bridgehead atoms. The highest BCUT2D eigenvalue weighted by Crippen LogP contribution is 2.21. The number of aromatic nitrogens is 2. The molecule has 0 spiro atoms. The van der Waals surface area contributed by atoms with Crippen molar-refractivity contribution in [2.75, 3.05) is 18.0 Å². The Hall–Kier alpha value is -1.36. The van der Waals surface area contributed by atoms with Gasteiger partial charge in [0.05, 0.1) is 5.92 Å². The van der Waals surface area contributed by atoms with Gasteiger partial charge in [-0.05, 0) is 25.0 Å². The van der Waals surface area contributed by atoms with Crippen molar-refractivity contribution in [3.8, 4) is 0 Å². The minimum absolute atomic E-state index is 0.314. The number of rotatable bonds is 2. The summed E-state index contributed by atoms with van der Waals surface area (Å²) < 4.78 is 0. The van der Waals surface area contributed by atoms with Crippen molar-refractivity contribution in [1.29, 1.82) is 0 Å². The van der Waals surface area contributed by atoms with E-state index in [4.69, 9.17) is 16.7 Å². The summed E-state index contributed by atoms with van der Waals surface area (Å²) in [5.41, 5.74) is 0. The maximum absolute atomic E-state index is 10.9. The van der Waals surface area contributed by atoms with Crippen molar-refractivity contribution in [3.63, 3.8) is 0 Å². The van der Waals surface area contributed by atoms with Gasteiger partial charge in [0.25, 0.3) is 0 Å². The molecule has 0 saturated carbocycles. The van der Waals surface area contributed by atoms with Crippen molar-refractivity contribution < 1.29 is 9.90 Å². The van der Waals surface area contributed by atoms with Crippen molar-refractivity contribution in [2.45, 2.75) is 12.8 Å². The van der Waals surface area contributed by atoms with E-state index in [1.807, 2.05) is 4.90 Å². The Morgan fingerprint density at radius 3 is 2.94 bits per heavy atom. The van der Waals surface area contributed by atoms with E-state index in [0.717, 1.165) is 19.4 Å². The predicted molar refractivity (Wildman–Crippen MR) is 59.6 cm³/mol. The predicted octanol–water partition coefficient (Wildman–Crippen LogP) is 1.43. The van der Waals surface area contributed by atoms with Crippen LogP contribution in [-0.2, 0) is 4.79 Å². The summed E-state index contributed by atoms with van der Waals surface area (Å²) in [6.45, 7) is 1.31. The van der Waals surface area contributed by atoms with Crippen molar-refractivity contribution in [3.05, 3.63) is 17.3 Å². The van der Waals surface area contributed by atoms with E-state index in [0.29, 0.717) is 17.5 Å². The molecule has 1 saturated heterocycles. The largest absolute Gasteiger partial charge is 0.481 e. The Morgan fingerprint density at radius 2 is 2.31 bits per heavy atom. The number of carbonyl (C=O) groups is 1. The molecule has 1 unspecified atom stereocenters. The second-order valence-corrected chi connectivity index (χ2v) is 4.22. The van der Waals surface area contributed by atoms with Crippen LogP contribution >= 0.6 is 11.6 Å². The standard InChI is InChI=1S/C10H12ClN3O2/c11-8-3-4-9(13-12-8)14-5-1-2-7(6-14)10(15)16/h3-4,7H,1-2,5-6H2,(H,15,16). The molecule has 6 heteroatoms. The first-order valence-corrected chi connectivity index (χ1v) is 5.51. The van der Waals surface area contributed by atoms with Crippen LogP contribution in [0.15, 0.2) is 12.1 Å². The van der Waals surface area contributed by atoms with Gasteiger partial charge in [0.15, 0.2) is 11.0 Å². The summed E-state index contributed by atoms with van der Waals surface area (Å²) in [4.78, 5) is 12.8. The summed E-state index contributed by atoms with van der Waals surface area (Å²) in [6, 6.07) is 3.42. The van der Waals surface area contributed by atoms with Crippen molar-refractivity contribution >= 4 is 23.4 Å². The normalized spacial score (nSPS) is 20.8. The minimum atomic E-state index is -0.744. The Kier molecular flexibility index (Phi) is 3.24. The Bertz CT molecular complexity index is 382. The second-order valence-electron chi connectivity index (χ2n) is 3.84. The van der Waals surface area contributed by atoms with Gasteiger partial charge in [0.2, 0.25) is 0 Å². The van der Waals surface area contributed by atoms with Gasteiger partial charge in [0, 0.05) is 13.1 Å². The van der Waals surface area contributed by atoms with Gasteiger partial charge in [-0.15, -0.1) is 10.2 Å². The molecule has 1 aromatic heterocycles. The number of carboxylic acids is 1. The molecule has 0 radical (unpaired) electrons. The highest BCUT2D eigenvalue weighted by atomic mass is 35.5. The van der Waals surface area contributed by atoms with Crippen LogP contribution in [0.3, 0.4) is 0 Å². The molecule has 0 amide bonds. The average Bonchev–Trinajstić information content (AvgIpc) is 2.30. The fraction of sp³-hybridized carbons (Fsp3) is 0.500. The monoisotopic (exact) mass is 241 g/mol. The lowest BCUT2D eigenvalue weighted by Crippen LogP contribution is -2.39. The lowest BCUT2D eigenvalue weighted by atomic mass is 9.98. The lowest BCUT2D eigenvalue weighted by molar-refractivity contribution is -0.141. The molecule has 0 aromatic carbocycles. The Labute approximate surface area is 98.0 Å². The number of carboxylic acid groups (broad SMARTS) is 1. The third-order valence-corrected chi connectivity index (χ3v) is 2.91. The molecule has 1 N–H and O–H groups in total. The van der Waals surface area contributed by atoms with E-state index >= 15 is 0 Å². The van der Waals surface area contributed by atoms with Gasteiger partial charge in [-0.1, -0.05) is 11.6 Å². The van der Waals surface area contributed by atoms with Crippen LogP contribution in [0.1, 0.15) is 12.8 Å². The van der Waals surface area contributed by atoms with Crippen molar-refractivity contribution in [2.24, 2.45) is 5.92 Å². The third-order valence-electron chi connectivity index (χ3n) is 2.71. The molecule has 86 valence electrons. The zero-order valence-corrected chi connectivity index (χ0v) is 9.39. The smallest absolute Gasteiger partial charge is 0.308 e. The van der Waals surface area contributed by atoms with Crippen LogP contribution in [0.4, 0.5) is 5.82 Å².